The maximum absolute atomic E-state index is 13.9. The first-order valence-electron chi connectivity index (χ1n) is 9.85. The van der Waals surface area contributed by atoms with Gasteiger partial charge in [-0.1, -0.05) is 17.7 Å². The standard InChI is InChI=1S/C20H28ClFN4O2.HI/c1-23-20(24-8-5-16-17(21)3-2-4-18(16)22)26-9-6-15(7-10-26)19(27)25-11-13-28-14-12-25;/h2-4,15H,5-14H2,1H3,(H,23,24);1H. The predicted molar refractivity (Wildman–Crippen MR) is 124 cm³/mol. The normalized spacial score (nSPS) is 18.4. The first kappa shape index (κ1) is 24.1. The first-order chi connectivity index (χ1) is 13.6. The zero-order chi connectivity index (χ0) is 19.9. The molecule has 2 aliphatic rings. The molecule has 162 valence electrons. The van der Waals surface area contributed by atoms with Gasteiger partial charge in [-0.2, -0.15) is 0 Å². The van der Waals surface area contributed by atoms with E-state index in [0.717, 1.165) is 31.9 Å². The van der Waals surface area contributed by atoms with Crippen LogP contribution in [0.1, 0.15) is 18.4 Å². The number of nitrogens with one attached hydrogen (secondary N) is 1. The van der Waals surface area contributed by atoms with Crippen molar-refractivity contribution in [1.29, 1.82) is 0 Å². The van der Waals surface area contributed by atoms with Gasteiger partial charge in [0.2, 0.25) is 5.91 Å². The highest BCUT2D eigenvalue weighted by Crippen LogP contribution is 2.21. The van der Waals surface area contributed by atoms with Crippen LogP contribution in [0.2, 0.25) is 5.02 Å². The Balaban J connectivity index is 0.00000300. The summed E-state index contributed by atoms with van der Waals surface area (Å²) in [5.41, 5.74) is 0.516. The summed E-state index contributed by atoms with van der Waals surface area (Å²) in [7, 11) is 1.74. The summed E-state index contributed by atoms with van der Waals surface area (Å²) in [5.74, 6) is 0.821. The molecule has 0 bridgehead atoms. The molecule has 9 heteroatoms. The van der Waals surface area contributed by atoms with Crippen molar-refractivity contribution in [3.05, 3.63) is 34.6 Å². The summed E-state index contributed by atoms with van der Waals surface area (Å²) in [6, 6.07) is 4.73. The second-order valence-electron chi connectivity index (χ2n) is 7.12. The molecule has 0 saturated carbocycles. The lowest BCUT2D eigenvalue weighted by Crippen LogP contribution is -2.50. The number of likely N-dealkylation sites (tertiary alicyclic amines) is 1. The monoisotopic (exact) mass is 538 g/mol. The SMILES string of the molecule is CN=C(NCCc1c(F)cccc1Cl)N1CCC(C(=O)N2CCOCC2)CC1.I. The summed E-state index contributed by atoms with van der Waals surface area (Å²) >= 11 is 6.08. The third-order valence-electron chi connectivity index (χ3n) is 5.40. The minimum Gasteiger partial charge on any atom is -0.378 e. The lowest BCUT2D eigenvalue weighted by atomic mass is 9.95. The number of hydrogen-bond donors (Lipinski definition) is 1. The summed E-state index contributed by atoms with van der Waals surface area (Å²) in [6.07, 6.45) is 2.11. The lowest BCUT2D eigenvalue weighted by molar-refractivity contribution is -0.140. The summed E-state index contributed by atoms with van der Waals surface area (Å²) < 4.78 is 19.2. The Morgan fingerprint density at radius 1 is 1.24 bits per heavy atom. The van der Waals surface area contributed by atoms with E-state index in [-0.39, 0.29) is 41.6 Å². The van der Waals surface area contributed by atoms with E-state index in [0.29, 0.717) is 49.9 Å². The molecule has 0 atom stereocenters. The van der Waals surface area contributed by atoms with Crippen molar-refractivity contribution in [3.8, 4) is 0 Å². The van der Waals surface area contributed by atoms with Crippen molar-refractivity contribution in [3.63, 3.8) is 0 Å². The molecule has 0 aromatic heterocycles. The molecular formula is C20H29ClFIN4O2. The topological polar surface area (TPSA) is 57.2 Å². The molecule has 1 aromatic carbocycles. The third kappa shape index (κ3) is 6.42. The number of amides is 1. The van der Waals surface area contributed by atoms with Crippen LogP contribution in [0, 0.1) is 11.7 Å². The van der Waals surface area contributed by atoms with Gasteiger partial charge in [-0.3, -0.25) is 9.79 Å². The molecule has 0 radical (unpaired) electrons. The van der Waals surface area contributed by atoms with Gasteiger partial charge in [0.25, 0.3) is 0 Å². The van der Waals surface area contributed by atoms with E-state index in [9.17, 15) is 9.18 Å². The zero-order valence-electron chi connectivity index (χ0n) is 16.7. The molecule has 2 heterocycles. The molecule has 2 fully saturated rings. The van der Waals surface area contributed by atoms with Gasteiger partial charge in [0, 0.05) is 56.3 Å². The van der Waals surface area contributed by atoms with Crippen LogP contribution in [-0.4, -0.2) is 74.7 Å². The van der Waals surface area contributed by atoms with E-state index in [1.807, 2.05) is 4.90 Å². The van der Waals surface area contributed by atoms with Crippen LogP contribution < -0.4 is 5.32 Å². The molecule has 2 aliphatic heterocycles. The number of ether oxygens (including phenoxy) is 1. The fourth-order valence-electron chi connectivity index (χ4n) is 3.78. The zero-order valence-corrected chi connectivity index (χ0v) is 19.8. The van der Waals surface area contributed by atoms with Crippen molar-refractivity contribution in [2.24, 2.45) is 10.9 Å². The van der Waals surface area contributed by atoms with Crippen LogP contribution in [0.5, 0.6) is 0 Å². The van der Waals surface area contributed by atoms with E-state index in [2.05, 4.69) is 15.2 Å². The van der Waals surface area contributed by atoms with Gasteiger partial charge in [0.05, 0.1) is 13.2 Å². The maximum Gasteiger partial charge on any atom is 0.225 e. The maximum atomic E-state index is 13.9. The molecule has 6 nitrogen and oxygen atoms in total. The van der Waals surface area contributed by atoms with Crippen LogP contribution in [0.4, 0.5) is 4.39 Å². The Kier molecular flexibility index (Phi) is 9.91. The summed E-state index contributed by atoms with van der Waals surface area (Å²) in [5, 5.41) is 3.73. The molecule has 1 N–H and O–H groups in total. The highest BCUT2D eigenvalue weighted by atomic mass is 127. The van der Waals surface area contributed by atoms with Crippen molar-refractivity contribution >= 4 is 47.4 Å². The van der Waals surface area contributed by atoms with Gasteiger partial charge in [0.1, 0.15) is 5.82 Å². The fraction of sp³-hybridized carbons (Fsp3) is 0.600. The number of morpholine rings is 1. The van der Waals surface area contributed by atoms with Gasteiger partial charge < -0.3 is 19.9 Å². The predicted octanol–water partition coefficient (Wildman–Crippen LogP) is 2.79. The van der Waals surface area contributed by atoms with Crippen LogP contribution >= 0.6 is 35.6 Å². The Morgan fingerprint density at radius 2 is 1.93 bits per heavy atom. The Morgan fingerprint density at radius 3 is 2.55 bits per heavy atom. The van der Waals surface area contributed by atoms with Gasteiger partial charge in [-0.15, -0.1) is 24.0 Å². The quantitative estimate of drug-likeness (QED) is 0.364. The number of aliphatic imine (C=N–C) groups is 1. The average molecular weight is 539 g/mol. The van der Waals surface area contributed by atoms with Gasteiger partial charge in [-0.25, -0.2) is 4.39 Å². The number of piperidine rings is 1. The largest absolute Gasteiger partial charge is 0.378 e. The Labute approximate surface area is 193 Å². The molecular weight excluding hydrogens is 510 g/mol. The van der Waals surface area contributed by atoms with Crippen LogP contribution in [-0.2, 0) is 16.0 Å². The van der Waals surface area contributed by atoms with Gasteiger partial charge >= 0.3 is 0 Å². The third-order valence-corrected chi connectivity index (χ3v) is 5.75. The van der Waals surface area contributed by atoms with Crippen LogP contribution in [0.15, 0.2) is 23.2 Å². The number of carbonyl (C=O) groups is 1. The van der Waals surface area contributed by atoms with E-state index in [1.54, 1.807) is 19.2 Å². The summed E-state index contributed by atoms with van der Waals surface area (Å²) in [6.45, 7) is 4.75. The molecule has 0 unspecified atom stereocenters. The van der Waals surface area contributed by atoms with E-state index in [1.165, 1.54) is 6.07 Å². The first-order valence-corrected chi connectivity index (χ1v) is 10.2. The number of halogens is 3. The number of carbonyl (C=O) groups excluding carboxylic acids is 1. The highest BCUT2D eigenvalue weighted by Gasteiger charge is 2.30. The van der Waals surface area contributed by atoms with Gasteiger partial charge in [0.15, 0.2) is 5.96 Å². The minimum atomic E-state index is -0.285. The van der Waals surface area contributed by atoms with Crippen molar-refractivity contribution in [2.45, 2.75) is 19.3 Å². The Bertz CT molecular complexity index is 687. The second-order valence-corrected chi connectivity index (χ2v) is 7.53. The Hall–Kier alpha value is -1.13. The van der Waals surface area contributed by atoms with E-state index in [4.69, 9.17) is 16.3 Å². The van der Waals surface area contributed by atoms with Crippen molar-refractivity contribution in [1.82, 2.24) is 15.1 Å². The molecule has 1 amide bonds. The fourth-order valence-corrected chi connectivity index (χ4v) is 4.04. The summed E-state index contributed by atoms with van der Waals surface area (Å²) in [4.78, 5) is 21.1. The minimum absolute atomic E-state index is 0. The number of guanidine groups is 1. The molecule has 2 saturated heterocycles. The second kappa shape index (κ2) is 11.9. The molecule has 0 spiro atoms. The van der Waals surface area contributed by atoms with Crippen LogP contribution in [0.3, 0.4) is 0 Å². The van der Waals surface area contributed by atoms with Crippen molar-refractivity contribution in [2.75, 3.05) is 53.0 Å². The van der Waals surface area contributed by atoms with Gasteiger partial charge in [-0.05, 0) is 31.4 Å². The molecule has 3 rings (SSSR count). The molecule has 1 aromatic rings. The molecule has 29 heavy (non-hydrogen) atoms. The van der Waals surface area contributed by atoms with E-state index >= 15 is 0 Å². The number of hydrogen-bond acceptors (Lipinski definition) is 3. The number of nitrogens with zero attached hydrogens (tertiary/aromatic N) is 3. The van der Waals surface area contributed by atoms with Crippen LogP contribution in [0.25, 0.3) is 0 Å². The van der Waals surface area contributed by atoms with E-state index < -0.39 is 0 Å². The number of benzene rings is 1. The van der Waals surface area contributed by atoms with Crippen molar-refractivity contribution < 1.29 is 13.9 Å². The lowest BCUT2D eigenvalue weighted by Gasteiger charge is -2.36. The molecule has 0 aliphatic carbocycles. The number of rotatable bonds is 4. The average Bonchev–Trinajstić information content (AvgIpc) is 2.73. The smallest absolute Gasteiger partial charge is 0.225 e. The highest BCUT2D eigenvalue weighted by molar-refractivity contribution is 14.0.